The highest BCUT2D eigenvalue weighted by Crippen LogP contribution is 2.15. The lowest BCUT2D eigenvalue weighted by Crippen LogP contribution is -2.14. The molecule has 0 unspecified atom stereocenters. The molecule has 1 aromatic carbocycles. The van der Waals surface area contributed by atoms with Crippen molar-refractivity contribution in [1.29, 1.82) is 0 Å². The maximum atomic E-state index is 12.5. The molecule has 0 atom stereocenters. The zero-order chi connectivity index (χ0) is 24.7. The smallest absolute Gasteiger partial charge is 0.339 e. The predicted molar refractivity (Wildman–Crippen MR) is 141 cm³/mol. The summed E-state index contributed by atoms with van der Waals surface area (Å²) >= 11 is 0. The van der Waals surface area contributed by atoms with Gasteiger partial charge in [-0.15, -0.1) is 0 Å². The van der Waals surface area contributed by atoms with E-state index in [1.807, 2.05) is 12.2 Å². The number of carbonyl (C=O) groups is 2. The Hall–Kier alpha value is -2.10. The molecule has 0 heterocycles. The van der Waals surface area contributed by atoms with E-state index in [4.69, 9.17) is 9.47 Å². The average molecular weight is 473 g/mol. The van der Waals surface area contributed by atoms with Crippen LogP contribution >= 0.6 is 0 Å². The van der Waals surface area contributed by atoms with E-state index in [2.05, 4.69) is 13.8 Å². The second-order valence-electron chi connectivity index (χ2n) is 9.08. The van der Waals surface area contributed by atoms with Crippen LogP contribution in [0, 0.1) is 0 Å². The van der Waals surface area contributed by atoms with E-state index < -0.39 is 11.9 Å². The summed E-state index contributed by atoms with van der Waals surface area (Å²) in [5.74, 6) is -0.929. The lowest BCUT2D eigenvalue weighted by atomic mass is 10.0. The van der Waals surface area contributed by atoms with Gasteiger partial charge in [-0.05, 0) is 31.4 Å². The first-order chi connectivity index (χ1) is 16.7. The van der Waals surface area contributed by atoms with Gasteiger partial charge in [0.1, 0.15) is 0 Å². The molecule has 0 aliphatic rings. The highest BCUT2D eigenvalue weighted by atomic mass is 16.5. The minimum absolute atomic E-state index is 0.271. The summed E-state index contributed by atoms with van der Waals surface area (Å²) in [4.78, 5) is 24.8. The molecule has 4 nitrogen and oxygen atoms in total. The number of hydrogen-bond acceptors (Lipinski definition) is 4. The Bertz CT molecular complexity index is 680. The number of rotatable bonds is 21. The SMILES string of the molecule is CC/C=C\CCOC(=O)c1ccccc1C(=O)OCCCCCCCCCCCCCCCC. The Labute approximate surface area is 208 Å². The summed E-state index contributed by atoms with van der Waals surface area (Å²) in [7, 11) is 0. The van der Waals surface area contributed by atoms with Crippen LogP contribution in [0.3, 0.4) is 0 Å². The van der Waals surface area contributed by atoms with Crippen molar-refractivity contribution >= 4 is 11.9 Å². The van der Waals surface area contributed by atoms with Crippen LogP contribution in [0.2, 0.25) is 0 Å². The zero-order valence-corrected chi connectivity index (χ0v) is 21.8. The van der Waals surface area contributed by atoms with E-state index >= 15 is 0 Å². The van der Waals surface area contributed by atoms with Gasteiger partial charge in [0.25, 0.3) is 0 Å². The lowest BCUT2D eigenvalue weighted by Gasteiger charge is -2.09. The summed E-state index contributed by atoms with van der Waals surface area (Å²) in [6.45, 7) is 5.02. The Balaban J connectivity index is 2.11. The number of hydrogen-bond donors (Lipinski definition) is 0. The second kappa shape index (κ2) is 21.4. The summed E-state index contributed by atoms with van der Waals surface area (Å²) in [6, 6.07) is 6.72. The van der Waals surface area contributed by atoms with Gasteiger partial charge in [-0.2, -0.15) is 0 Å². The number of ether oxygens (including phenoxy) is 2. The summed E-state index contributed by atoms with van der Waals surface area (Å²) in [5, 5.41) is 0. The molecule has 1 aromatic rings. The van der Waals surface area contributed by atoms with E-state index in [-0.39, 0.29) is 11.1 Å². The average Bonchev–Trinajstić information content (AvgIpc) is 2.86. The molecule has 0 saturated heterocycles. The van der Waals surface area contributed by atoms with Crippen LogP contribution in [0.15, 0.2) is 36.4 Å². The molecule has 0 aromatic heterocycles. The Morgan fingerprint density at radius 2 is 1.06 bits per heavy atom. The van der Waals surface area contributed by atoms with Crippen molar-refractivity contribution in [2.45, 2.75) is 117 Å². The molecule has 4 heteroatoms. The first kappa shape index (κ1) is 29.9. The normalized spacial score (nSPS) is 11.1. The van der Waals surface area contributed by atoms with Crippen molar-refractivity contribution in [2.75, 3.05) is 13.2 Å². The maximum absolute atomic E-state index is 12.5. The second-order valence-corrected chi connectivity index (χ2v) is 9.08. The summed E-state index contributed by atoms with van der Waals surface area (Å²) in [5.41, 5.74) is 0.551. The molecule has 0 saturated carbocycles. The third-order valence-electron chi connectivity index (χ3n) is 6.02. The van der Waals surface area contributed by atoms with Crippen LogP contribution in [0.1, 0.15) is 137 Å². The molecule has 1 rings (SSSR count). The van der Waals surface area contributed by atoms with Gasteiger partial charge in [-0.25, -0.2) is 9.59 Å². The van der Waals surface area contributed by atoms with Gasteiger partial charge in [0.15, 0.2) is 0 Å². The topological polar surface area (TPSA) is 52.6 Å². The van der Waals surface area contributed by atoms with Gasteiger partial charge in [0.05, 0.1) is 24.3 Å². The van der Waals surface area contributed by atoms with E-state index in [0.717, 1.165) is 19.3 Å². The molecule has 0 radical (unpaired) electrons. The largest absolute Gasteiger partial charge is 0.462 e. The van der Waals surface area contributed by atoms with E-state index in [1.165, 1.54) is 77.0 Å². The van der Waals surface area contributed by atoms with Crippen molar-refractivity contribution in [3.63, 3.8) is 0 Å². The molecular weight excluding hydrogens is 424 g/mol. The highest BCUT2D eigenvalue weighted by Gasteiger charge is 2.18. The molecule has 0 fully saturated rings. The van der Waals surface area contributed by atoms with Gasteiger partial charge in [0, 0.05) is 0 Å². The van der Waals surface area contributed by atoms with Crippen molar-refractivity contribution < 1.29 is 19.1 Å². The van der Waals surface area contributed by atoms with E-state index in [1.54, 1.807) is 24.3 Å². The third-order valence-corrected chi connectivity index (χ3v) is 6.02. The fraction of sp³-hybridized carbons (Fsp3) is 0.667. The Morgan fingerprint density at radius 3 is 1.53 bits per heavy atom. The molecule has 192 valence electrons. The van der Waals surface area contributed by atoms with Gasteiger partial charge < -0.3 is 9.47 Å². The summed E-state index contributed by atoms with van der Waals surface area (Å²) in [6.07, 6.45) is 23.7. The van der Waals surface area contributed by atoms with Gasteiger partial charge in [-0.3, -0.25) is 0 Å². The zero-order valence-electron chi connectivity index (χ0n) is 21.8. The molecule has 0 bridgehead atoms. The van der Waals surface area contributed by atoms with Gasteiger partial charge >= 0.3 is 11.9 Å². The van der Waals surface area contributed by atoms with Crippen LogP contribution in [-0.4, -0.2) is 25.2 Å². The first-order valence-corrected chi connectivity index (χ1v) is 13.8. The number of benzene rings is 1. The van der Waals surface area contributed by atoms with Crippen molar-refractivity contribution in [1.82, 2.24) is 0 Å². The van der Waals surface area contributed by atoms with Crippen LogP contribution in [-0.2, 0) is 9.47 Å². The van der Waals surface area contributed by atoms with E-state index in [9.17, 15) is 9.59 Å². The molecule has 34 heavy (non-hydrogen) atoms. The number of allylic oxidation sites excluding steroid dienone is 1. The molecule has 0 spiro atoms. The van der Waals surface area contributed by atoms with E-state index in [0.29, 0.717) is 19.6 Å². The molecule has 0 aliphatic heterocycles. The predicted octanol–water partition coefficient (Wildman–Crippen LogP) is 8.84. The molecule has 0 N–H and O–H groups in total. The summed E-state index contributed by atoms with van der Waals surface area (Å²) < 4.78 is 10.7. The molecule has 0 amide bonds. The molecule has 0 aliphatic carbocycles. The first-order valence-electron chi connectivity index (χ1n) is 13.8. The van der Waals surface area contributed by atoms with Gasteiger partial charge in [-0.1, -0.05) is 122 Å². The maximum Gasteiger partial charge on any atom is 0.339 e. The quantitative estimate of drug-likeness (QED) is 0.102. The van der Waals surface area contributed by atoms with Crippen molar-refractivity contribution in [2.24, 2.45) is 0 Å². The van der Waals surface area contributed by atoms with Crippen LogP contribution in [0.4, 0.5) is 0 Å². The van der Waals surface area contributed by atoms with Crippen molar-refractivity contribution in [3.8, 4) is 0 Å². The monoisotopic (exact) mass is 472 g/mol. The Kier molecular flexibility index (Phi) is 18.9. The number of unbranched alkanes of at least 4 members (excludes halogenated alkanes) is 13. The fourth-order valence-electron chi connectivity index (χ4n) is 3.96. The number of esters is 2. The lowest BCUT2D eigenvalue weighted by molar-refractivity contribution is 0.0457. The van der Waals surface area contributed by atoms with Crippen LogP contribution < -0.4 is 0 Å². The van der Waals surface area contributed by atoms with Crippen LogP contribution in [0.5, 0.6) is 0 Å². The third kappa shape index (κ3) is 14.9. The fourth-order valence-corrected chi connectivity index (χ4v) is 3.96. The van der Waals surface area contributed by atoms with Crippen LogP contribution in [0.25, 0.3) is 0 Å². The number of carbonyl (C=O) groups excluding carboxylic acids is 2. The minimum Gasteiger partial charge on any atom is -0.462 e. The standard InChI is InChI=1S/C30H48O4/c1-3-5-7-9-10-11-12-13-14-15-16-17-18-22-26-34-30(32)28-24-20-19-23-27(28)29(31)33-25-21-8-6-4-2/h6,8,19-20,23-24H,3-5,7,9-18,21-22,25-26H2,1-2H3/b8-6-. The van der Waals surface area contributed by atoms with Crippen molar-refractivity contribution in [3.05, 3.63) is 47.5 Å². The Morgan fingerprint density at radius 1 is 0.618 bits per heavy atom. The minimum atomic E-state index is -0.478. The highest BCUT2D eigenvalue weighted by molar-refractivity contribution is 6.03. The van der Waals surface area contributed by atoms with Gasteiger partial charge in [0.2, 0.25) is 0 Å². The molecular formula is C30H48O4.